The van der Waals surface area contributed by atoms with E-state index in [2.05, 4.69) is 47.9 Å². The molecule has 3 heteroatoms. The van der Waals surface area contributed by atoms with Gasteiger partial charge >= 0.3 is 0 Å². The molecule has 21 heavy (non-hydrogen) atoms. The first-order valence-electron chi connectivity index (χ1n) is 7.54. The Morgan fingerprint density at radius 2 is 1.90 bits per heavy atom. The predicted molar refractivity (Wildman–Crippen MR) is 90.1 cm³/mol. The van der Waals surface area contributed by atoms with Crippen LogP contribution in [0.4, 0.5) is 5.69 Å². The van der Waals surface area contributed by atoms with Crippen LogP contribution in [-0.2, 0) is 19.4 Å². The number of hydrogen-bond donors (Lipinski definition) is 2. The molecule has 1 unspecified atom stereocenters. The van der Waals surface area contributed by atoms with Crippen molar-refractivity contribution in [3.05, 3.63) is 64.2 Å². The normalized spacial score (nSPS) is 14.6. The zero-order valence-electron chi connectivity index (χ0n) is 12.3. The summed E-state index contributed by atoms with van der Waals surface area (Å²) in [6, 6.07) is 15.3. The molecule has 2 aromatic rings. The monoisotopic (exact) mass is 300 g/mol. The van der Waals surface area contributed by atoms with Crippen molar-refractivity contribution < 1.29 is 0 Å². The number of rotatable bonds is 5. The fourth-order valence-corrected chi connectivity index (χ4v) is 2.93. The highest BCUT2D eigenvalue weighted by Crippen LogP contribution is 2.23. The van der Waals surface area contributed by atoms with Gasteiger partial charge in [0.1, 0.15) is 0 Å². The van der Waals surface area contributed by atoms with E-state index in [1.165, 1.54) is 22.4 Å². The minimum Gasteiger partial charge on any atom is -0.384 e. The van der Waals surface area contributed by atoms with E-state index >= 15 is 0 Å². The third kappa shape index (κ3) is 3.78. The predicted octanol–water partition coefficient (Wildman–Crippen LogP) is 4.03. The second-order valence-corrected chi connectivity index (χ2v) is 6.22. The smallest absolute Gasteiger partial charge is 0.0406 e. The van der Waals surface area contributed by atoms with Crippen molar-refractivity contribution in [1.82, 2.24) is 5.32 Å². The molecule has 110 valence electrons. The standard InChI is InChI=1S/C18H21ClN2/c1-13(21-12-14-2-5-17(19)6-3-14)10-15-4-7-18-16(11-15)8-9-20-18/h2-7,11,13,20-21H,8-10,12H2,1H3. The van der Waals surface area contributed by atoms with Crippen molar-refractivity contribution in [2.45, 2.75) is 32.4 Å². The van der Waals surface area contributed by atoms with Gasteiger partial charge in [-0.15, -0.1) is 0 Å². The van der Waals surface area contributed by atoms with Crippen molar-refractivity contribution >= 4 is 17.3 Å². The van der Waals surface area contributed by atoms with Crippen molar-refractivity contribution in [3.63, 3.8) is 0 Å². The maximum atomic E-state index is 5.90. The Hall–Kier alpha value is -1.51. The molecular weight excluding hydrogens is 280 g/mol. The van der Waals surface area contributed by atoms with Crippen molar-refractivity contribution in [2.24, 2.45) is 0 Å². The molecule has 1 heterocycles. The van der Waals surface area contributed by atoms with E-state index in [9.17, 15) is 0 Å². The number of benzene rings is 2. The van der Waals surface area contributed by atoms with E-state index in [0.717, 1.165) is 31.0 Å². The number of nitrogens with one attached hydrogen (secondary N) is 2. The summed E-state index contributed by atoms with van der Waals surface area (Å²) in [6.07, 6.45) is 2.20. The average Bonchev–Trinajstić information content (AvgIpc) is 2.94. The summed E-state index contributed by atoms with van der Waals surface area (Å²) in [7, 11) is 0. The minimum atomic E-state index is 0.452. The van der Waals surface area contributed by atoms with Gasteiger partial charge in [-0.1, -0.05) is 35.9 Å². The molecule has 1 atom stereocenters. The molecule has 2 nitrogen and oxygen atoms in total. The van der Waals surface area contributed by atoms with Gasteiger partial charge in [0.2, 0.25) is 0 Å². The zero-order valence-corrected chi connectivity index (χ0v) is 13.1. The first-order chi connectivity index (χ1) is 10.2. The molecule has 0 aromatic heterocycles. The minimum absolute atomic E-state index is 0.452. The Bertz CT molecular complexity index is 607. The van der Waals surface area contributed by atoms with E-state index in [1.807, 2.05) is 12.1 Å². The van der Waals surface area contributed by atoms with Crippen LogP contribution in [0.5, 0.6) is 0 Å². The average molecular weight is 301 g/mol. The Morgan fingerprint density at radius 1 is 1.14 bits per heavy atom. The lowest BCUT2D eigenvalue weighted by molar-refractivity contribution is 0.545. The zero-order chi connectivity index (χ0) is 14.7. The Labute approximate surface area is 131 Å². The van der Waals surface area contributed by atoms with Crippen molar-refractivity contribution in [3.8, 4) is 0 Å². The molecule has 0 radical (unpaired) electrons. The first kappa shape index (κ1) is 14.4. The summed E-state index contributed by atoms with van der Waals surface area (Å²) in [4.78, 5) is 0. The topological polar surface area (TPSA) is 24.1 Å². The lowest BCUT2D eigenvalue weighted by atomic mass is 10.0. The first-order valence-corrected chi connectivity index (χ1v) is 7.92. The molecule has 0 fully saturated rings. The molecule has 1 aliphatic rings. The Kier molecular flexibility index (Phi) is 4.47. The van der Waals surface area contributed by atoms with Crippen LogP contribution < -0.4 is 10.6 Å². The summed E-state index contributed by atoms with van der Waals surface area (Å²) in [6.45, 7) is 4.19. The van der Waals surface area contributed by atoms with E-state index in [4.69, 9.17) is 11.6 Å². The van der Waals surface area contributed by atoms with Gasteiger partial charge in [-0.2, -0.15) is 0 Å². The number of halogens is 1. The maximum Gasteiger partial charge on any atom is 0.0406 e. The Balaban J connectivity index is 1.54. The van der Waals surface area contributed by atoms with E-state index < -0.39 is 0 Å². The van der Waals surface area contributed by atoms with Crippen LogP contribution in [0.2, 0.25) is 5.02 Å². The van der Waals surface area contributed by atoms with Crippen LogP contribution in [0.3, 0.4) is 0 Å². The summed E-state index contributed by atoms with van der Waals surface area (Å²) in [5.74, 6) is 0. The highest BCUT2D eigenvalue weighted by Gasteiger charge is 2.11. The molecule has 1 aliphatic heterocycles. The summed E-state index contributed by atoms with van der Waals surface area (Å²) in [5, 5.41) is 7.77. The van der Waals surface area contributed by atoms with Gasteiger partial charge in [0.05, 0.1) is 0 Å². The summed E-state index contributed by atoms with van der Waals surface area (Å²) in [5.41, 5.74) is 5.44. The quantitative estimate of drug-likeness (QED) is 0.871. The highest BCUT2D eigenvalue weighted by atomic mass is 35.5. The summed E-state index contributed by atoms with van der Waals surface area (Å²) >= 11 is 5.90. The summed E-state index contributed by atoms with van der Waals surface area (Å²) < 4.78 is 0. The lowest BCUT2D eigenvalue weighted by Gasteiger charge is -2.15. The molecule has 3 rings (SSSR count). The maximum absolute atomic E-state index is 5.90. The molecular formula is C18H21ClN2. The van der Waals surface area contributed by atoms with Crippen LogP contribution in [-0.4, -0.2) is 12.6 Å². The van der Waals surface area contributed by atoms with Crippen LogP contribution in [0.15, 0.2) is 42.5 Å². The van der Waals surface area contributed by atoms with E-state index in [1.54, 1.807) is 0 Å². The SMILES string of the molecule is CC(Cc1ccc2c(c1)CCN2)NCc1ccc(Cl)cc1. The fourth-order valence-electron chi connectivity index (χ4n) is 2.81. The van der Waals surface area contributed by atoms with Gasteiger partial charge in [-0.25, -0.2) is 0 Å². The molecule has 0 bridgehead atoms. The van der Waals surface area contributed by atoms with Gasteiger partial charge in [-0.3, -0.25) is 0 Å². The second-order valence-electron chi connectivity index (χ2n) is 5.78. The van der Waals surface area contributed by atoms with Crippen molar-refractivity contribution in [1.29, 1.82) is 0 Å². The molecule has 0 spiro atoms. The van der Waals surface area contributed by atoms with Crippen LogP contribution in [0, 0.1) is 0 Å². The number of fused-ring (bicyclic) bond motifs is 1. The molecule has 2 aromatic carbocycles. The largest absolute Gasteiger partial charge is 0.384 e. The van der Waals surface area contributed by atoms with Crippen LogP contribution >= 0.6 is 11.6 Å². The highest BCUT2D eigenvalue weighted by molar-refractivity contribution is 6.30. The third-order valence-electron chi connectivity index (χ3n) is 3.99. The number of hydrogen-bond acceptors (Lipinski definition) is 2. The molecule has 0 saturated heterocycles. The van der Waals surface area contributed by atoms with Gasteiger partial charge in [0, 0.05) is 29.8 Å². The lowest BCUT2D eigenvalue weighted by Crippen LogP contribution is -2.27. The fraction of sp³-hybridized carbons (Fsp3) is 0.333. The van der Waals surface area contributed by atoms with Crippen LogP contribution in [0.25, 0.3) is 0 Å². The van der Waals surface area contributed by atoms with E-state index in [0.29, 0.717) is 6.04 Å². The van der Waals surface area contributed by atoms with Crippen molar-refractivity contribution in [2.75, 3.05) is 11.9 Å². The molecule has 0 aliphatic carbocycles. The van der Waals surface area contributed by atoms with Gasteiger partial charge in [0.15, 0.2) is 0 Å². The molecule has 0 saturated carbocycles. The van der Waals surface area contributed by atoms with E-state index in [-0.39, 0.29) is 0 Å². The third-order valence-corrected chi connectivity index (χ3v) is 4.24. The van der Waals surface area contributed by atoms with Gasteiger partial charge in [0.25, 0.3) is 0 Å². The number of anilines is 1. The Morgan fingerprint density at radius 3 is 2.71 bits per heavy atom. The second kappa shape index (κ2) is 6.50. The molecule has 2 N–H and O–H groups in total. The van der Waals surface area contributed by atoms with Gasteiger partial charge in [-0.05, 0) is 54.7 Å². The van der Waals surface area contributed by atoms with Crippen LogP contribution in [0.1, 0.15) is 23.6 Å². The molecule has 0 amide bonds. The van der Waals surface area contributed by atoms with Gasteiger partial charge < -0.3 is 10.6 Å².